The Kier molecular flexibility index (Phi) is 9.01. The molecule has 3 rings (SSSR count). The van der Waals surface area contributed by atoms with Crippen LogP contribution in [0.15, 0.2) is 59.0 Å². The van der Waals surface area contributed by atoms with Crippen molar-refractivity contribution in [1.29, 1.82) is 0 Å². The topological polar surface area (TPSA) is 69.0 Å². The summed E-state index contributed by atoms with van der Waals surface area (Å²) in [6.07, 6.45) is 7.60. The lowest BCUT2D eigenvalue weighted by Gasteiger charge is -1.98. The third kappa shape index (κ3) is 5.33. The number of ether oxygens (including phenoxy) is 1. The average molecular weight is 515 g/mol. The average Bonchev–Trinajstić information content (AvgIpc) is 2.98. The Morgan fingerprint density at radius 3 is 2.52 bits per heavy atom. The minimum Gasteiger partial charge on any atom is -1.00 e. The number of benzene rings is 1. The van der Waals surface area contributed by atoms with Crippen molar-refractivity contribution < 1.29 is 26.1 Å². The maximum absolute atomic E-state index is 5.60. The first-order valence-electron chi connectivity index (χ1n) is 7.68. The van der Waals surface area contributed by atoms with Gasteiger partial charge in [-0.1, -0.05) is 23.9 Å². The number of hydrogen-bond donors (Lipinski definition) is 1. The van der Waals surface area contributed by atoms with E-state index in [0.29, 0.717) is 5.17 Å². The number of nitrogens with zero attached hydrogens (tertiary/aromatic N) is 4. The zero-order valence-corrected chi connectivity index (χ0v) is 19.3. The van der Waals surface area contributed by atoms with Gasteiger partial charge in [0.2, 0.25) is 0 Å². The molecule has 0 fully saturated rings. The van der Waals surface area contributed by atoms with Gasteiger partial charge >= 0.3 is 0 Å². The molecule has 2 aromatic heterocycles. The second kappa shape index (κ2) is 10.5. The number of rotatable bonds is 4. The summed E-state index contributed by atoms with van der Waals surface area (Å²) in [4.78, 5) is 0. The molecule has 2 heterocycles. The SMILES string of the molecule is Br.COc1ccc2n(C)c(-c3ccc(/C=N/N=C(\N)SC)cc3)c[n+]2c1.[Br-]. The fourth-order valence-electron chi connectivity index (χ4n) is 2.54. The molecule has 0 aliphatic rings. The van der Waals surface area contributed by atoms with E-state index in [-0.39, 0.29) is 34.0 Å². The van der Waals surface area contributed by atoms with Crippen molar-refractivity contribution in [2.45, 2.75) is 0 Å². The smallest absolute Gasteiger partial charge is 0.286 e. The van der Waals surface area contributed by atoms with Crippen LogP contribution in [-0.2, 0) is 7.05 Å². The van der Waals surface area contributed by atoms with Crippen LogP contribution in [0.4, 0.5) is 0 Å². The number of thioether (sulfide) groups is 1. The first-order chi connectivity index (χ1) is 12.1. The number of fused-ring (bicyclic) bond motifs is 1. The van der Waals surface area contributed by atoms with Crippen LogP contribution < -0.4 is 31.9 Å². The molecule has 0 saturated carbocycles. The van der Waals surface area contributed by atoms with E-state index in [0.717, 1.165) is 28.2 Å². The van der Waals surface area contributed by atoms with E-state index in [1.807, 2.05) is 43.8 Å². The lowest BCUT2D eigenvalue weighted by molar-refractivity contribution is -0.510. The molecule has 0 atom stereocenters. The van der Waals surface area contributed by atoms with Gasteiger partial charge in [-0.05, 0) is 30.0 Å². The molecule has 3 aromatic rings. The third-order valence-electron chi connectivity index (χ3n) is 3.91. The van der Waals surface area contributed by atoms with Gasteiger partial charge in [-0.2, -0.15) is 9.50 Å². The van der Waals surface area contributed by atoms with E-state index in [1.54, 1.807) is 13.3 Å². The van der Waals surface area contributed by atoms with Crippen molar-refractivity contribution in [1.82, 2.24) is 4.57 Å². The summed E-state index contributed by atoms with van der Waals surface area (Å²) < 4.78 is 9.49. The number of hydrogen-bond acceptors (Lipinski definition) is 4. The molecule has 0 unspecified atom stereocenters. The Labute approximate surface area is 183 Å². The predicted octanol–water partition coefficient (Wildman–Crippen LogP) is 0.0329. The Bertz CT molecular complexity index is 954. The van der Waals surface area contributed by atoms with E-state index in [9.17, 15) is 0 Å². The van der Waals surface area contributed by atoms with E-state index in [1.165, 1.54) is 11.8 Å². The Balaban J connectivity index is 0.00000182. The Morgan fingerprint density at radius 2 is 1.89 bits per heavy atom. The van der Waals surface area contributed by atoms with Crippen molar-refractivity contribution in [3.63, 3.8) is 0 Å². The summed E-state index contributed by atoms with van der Waals surface area (Å²) in [6, 6.07) is 12.1. The molecule has 0 radical (unpaired) electrons. The largest absolute Gasteiger partial charge is 1.00 e. The van der Waals surface area contributed by atoms with Crippen molar-refractivity contribution >= 4 is 45.8 Å². The summed E-state index contributed by atoms with van der Waals surface area (Å²) in [5, 5.41) is 8.31. The molecule has 0 saturated heterocycles. The fourth-order valence-corrected chi connectivity index (χ4v) is 2.67. The lowest BCUT2D eigenvalue weighted by atomic mass is 10.1. The van der Waals surface area contributed by atoms with E-state index in [2.05, 4.69) is 37.5 Å². The van der Waals surface area contributed by atoms with Gasteiger partial charge in [0.1, 0.15) is 12.4 Å². The van der Waals surface area contributed by atoms with Crippen molar-refractivity contribution in [3.05, 3.63) is 54.4 Å². The normalized spacial score (nSPS) is 11.3. The first kappa shape index (κ1) is 23.2. The van der Waals surface area contributed by atoms with E-state index >= 15 is 0 Å². The standard InChI is InChI=1S/C18H20N5OS.2BrH/c1-22-16(12-23-11-15(24-2)8-9-17(22)23)14-6-4-13(5-7-14)10-20-21-18(19)25-3;;/h4-12H,1-3H3,(H2,19,21);2*1H/q+1;;/p-1/b20-10+;;. The molecule has 2 N–H and O–H groups in total. The number of halogens is 2. The van der Waals surface area contributed by atoms with Gasteiger partial charge in [0.25, 0.3) is 5.65 Å². The van der Waals surface area contributed by atoms with Crippen LogP contribution in [0.1, 0.15) is 5.56 Å². The predicted molar refractivity (Wildman–Crippen MR) is 114 cm³/mol. The monoisotopic (exact) mass is 513 g/mol. The van der Waals surface area contributed by atoms with Crippen LogP contribution in [0.3, 0.4) is 0 Å². The molecular formula is C18H21Br2N5OS. The van der Waals surface area contributed by atoms with Gasteiger partial charge in [0, 0.05) is 11.6 Å². The molecule has 0 amide bonds. The second-order valence-corrected chi connectivity index (χ2v) is 6.24. The quantitative estimate of drug-likeness (QED) is 0.231. The van der Waals surface area contributed by atoms with Gasteiger partial charge in [-0.25, -0.2) is 4.57 Å². The van der Waals surface area contributed by atoms with E-state index in [4.69, 9.17) is 10.5 Å². The van der Waals surface area contributed by atoms with Crippen LogP contribution in [0, 0.1) is 0 Å². The minimum atomic E-state index is 0. The van der Waals surface area contributed by atoms with Crippen LogP contribution >= 0.6 is 28.7 Å². The molecule has 27 heavy (non-hydrogen) atoms. The fraction of sp³-hybridized carbons (Fsp3) is 0.167. The van der Waals surface area contributed by atoms with Crippen molar-refractivity contribution in [3.8, 4) is 17.0 Å². The van der Waals surface area contributed by atoms with E-state index < -0.39 is 0 Å². The molecule has 144 valence electrons. The molecule has 0 aliphatic carbocycles. The van der Waals surface area contributed by atoms with Crippen molar-refractivity contribution in [2.24, 2.45) is 23.0 Å². The van der Waals surface area contributed by atoms with Crippen LogP contribution in [0.2, 0.25) is 0 Å². The summed E-state index contributed by atoms with van der Waals surface area (Å²) in [6.45, 7) is 0. The minimum absolute atomic E-state index is 0. The molecule has 1 aromatic carbocycles. The lowest BCUT2D eigenvalue weighted by Crippen LogP contribution is -3.00. The number of methoxy groups -OCH3 is 1. The van der Waals surface area contributed by atoms with Gasteiger partial charge in [0.15, 0.2) is 16.6 Å². The highest BCUT2D eigenvalue weighted by atomic mass is 79.9. The Morgan fingerprint density at radius 1 is 1.19 bits per heavy atom. The van der Waals surface area contributed by atoms with Crippen LogP contribution in [0.5, 0.6) is 5.75 Å². The van der Waals surface area contributed by atoms with Gasteiger partial charge in [-0.3, -0.25) is 0 Å². The van der Waals surface area contributed by atoms with Gasteiger partial charge in [0.05, 0.1) is 20.4 Å². The number of pyridine rings is 1. The highest BCUT2D eigenvalue weighted by molar-refractivity contribution is 8.93. The molecule has 9 heteroatoms. The number of aryl methyl sites for hydroxylation is 1. The highest BCUT2D eigenvalue weighted by Crippen LogP contribution is 2.21. The summed E-state index contributed by atoms with van der Waals surface area (Å²) in [5.41, 5.74) is 9.88. The second-order valence-electron chi connectivity index (χ2n) is 5.42. The Hall–Kier alpha value is -1.84. The van der Waals surface area contributed by atoms with Crippen LogP contribution in [0.25, 0.3) is 16.9 Å². The third-order valence-corrected chi connectivity index (χ3v) is 4.41. The molecule has 0 aliphatic heterocycles. The zero-order chi connectivity index (χ0) is 17.8. The number of aromatic nitrogens is 2. The molecular weight excluding hydrogens is 494 g/mol. The maximum Gasteiger partial charge on any atom is 0.286 e. The highest BCUT2D eigenvalue weighted by Gasteiger charge is 2.16. The van der Waals surface area contributed by atoms with Crippen molar-refractivity contribution in [2.75, 3.05) is 13.4 Å². The maximum atomic E-state index is 5.60. The molecule has 0 spiro atoms. The summed E-state index contributed by atoms with van der Waals surface area (Å²) in [5.74, 6) is 0.825. The number of imidazole rings is 1. The van der Waals surface area contributed by atoms with Gasteiger partial charge in [-0.15, -0.1) is 22.1 Å². The first-order valence-corrected chi connectivity index (χ1v) is 8.90. The number of amidine groups is 1. The van der Waals surface area contributed by atoms with Crippen LogP contribution in [-0.4, -0.2) is 29.3 Å². The molecule has 6 nitrogen and oxygen atoms in total. The zero-order valence-electron chi connectivity index (χ0n) is 15.2. The summed E-state index contributed by atoms with van der Waals surface area (Å²) in [7, 11) is 3.72. The van der Waals surface area contributed by atoms with Gasteiger partial charge < -0.3 is 27.5 Å². The number of nitrogens with two attached hydrogens (primary N) is 1. The summed E-state index contributed by atoms with van der Waals surface area (Å²) >= 11 is 1.37. The molecule has 0 bridgehead atoms.